The Labute approximate surface area is 153 Å². The van der Waals surface area contributed by atoms with E-state index >= 15 is 0 Å². The number of ether oxygens (including phenoxy) is 2. The van der Waals surface area contributed by atoms with E-state index in [0.717, 1.165) is 17.7 Å². The fourth-order valence-electron chi connectivity index (χ4n) is 2.23. The summed E-state index contributed by atoms with van der Waals surface area (Å²) in [5.74, 6) is 2.39. The number of hydrogen-bond donors (Lipinski definition) is 0. The Morgan fingerprint density at radius 2 is 1.19 bits per heavy atom. The average molecular weight is 379 g/mol. The summed E-state index contributed by atoms with van der Waals surface area (Å²) >= 11 is 5.75. The van der Waals surface area contributed by atoms with Crippen LogP contribution in [0.3, 0.4) is 0 Å². The minimum atomic E-state index is -4.37. The molecule has 0 saturated heterocycles. The molecule has 0 atom stereocenters. The lowest BCUT2D eigenvalue weighted by atomic mass is 10.2. The van der Waals surface area contributed by atoms with Crippen LogP contribution >= 0.6 is 11.6 Å². The van der Waals surface area contributed by atoms with Gasteiger partial charge in [-0.1, -0.05) is 18.2 Å². The van der Waals surface area contributed by atoms with Crippen LogP contribution in [-0.2, 0) is 12.1 Å². The molecule has 26 heavy (non-hydrogen) atoms. The molecule has 0 radical (unpaired) electrons. The SMILES string of the molecule is FC(F)(F)c1ccc(Oc2cccc(Oc3ccc(CCl)cc3)c2)cc1. The molecular weight excluding hydrogens is 365 g/mol. The Kier molecular flexibility index (Phi) is 5.38. The molecule has 0 heterocycles. The minimum Gasteiger partial charge on any atom is -0.457 e. The predicted molar refractivity (Wildman–Crippen MR) is 94.0 cm³/mol. The standard InChI is InChI=1S/C20H14ClF3O2/c21-13-14-4-8-16(9-5-14)25-18-2-1-3-19(12-18)26-17-10-6-15(7-11-17)20(22,23)24/h1-12H,13H2. The van der Waals surface area contributed by atoms with Crippen LogP contribution in [0.5, 0.6) is 23.0 Å². The Balaban J connectivity index is 1.70. The zero-order valence-electron chi connectivity index (χ0n) is 13.5. The molecule has 0 aliphatic heterocycles. The highest BCUT2D eigenvalue weighted by atomic mass is 35.5. The molecule has 2 nitrogen and oxygen atoms in total. The quantitative estimate of drug-likeness (QED) is 0.444. The predicted octanol–water partition coefficient (Wildman–Crippen LogP) is 7.03. The first-order valence-corrected chi connectivity index (χ1v) is 8.25. The molecular formula is C20H14ClF3O2. The molecule has 0 amide bonds. The highest BCUT2D eigenvalue weighted by molar-refractivity contribution is 6.17. The van der Waals surface area contributed by atoms with Gasteiger partial charge >= 0.3 is 6.18 Å². The summed E-state index contributed by atoms with van der Waals surface area (Å²) in [5, 5.41) is 0. The molecule has 0 fully saturated rings. The Hall–Kier alpha value is -2.66. The summed E-state index contributed by atoms with van der Waals surface area (Å²) in [6.07, 6.45) is -4.37. The van der Waals surface area contributed by atoms with Gasteiger partial charge in [-0.2, -0.15) is 13.2 Å². The zero-order chi connectivity index (χ0) is 18.6. The van der Waals surface area contributed by atoms with Crippen molar-refractivity contribution in [1.29, 1.82) is 0 Å². The van der Waals surface area contributed by atoms with Crippen molar-refractivity contribution in [2.75, 3.05) is 0 Å². The zero-order valence-corrected chi connectivity index (χ0v) is 14.2. The first-order valence-electron chi connectivity index (χ1n) is 7.72. The van der Waals surface area contributed by atoms with Gasteiger partial charge in [0, 0.05) is 11.9 Å². The van der Waals surface area contributed by atoms with Gasteiger partial charge in [-0.15, -0.1) is 11.6 Å². The second kappa shape index (κ2) is 7.70. The van der Waals surface area contributed by atoms with Crippen molar-refractivity contribution in [2.24, 2.45) is 0 Å². The molecule has 0 saturated carbocycles. The van der Waals surface area contributed by atoms with E-state index in [1.807, 2.05) is 12.1 Å². The van der Waals surface area contributed by atoms with Crippen LogP contribution < -0.4 is 9.47 Å². The number of rotatable bonds is 5. The summed E-state index contributed by atoms with van der Waals surface area (Å²) in [6.45, 7) is 0. The van der Waals surface area contributed by atoms with Gasteiger partial charge in [0.05, 0.1) is 5.56 Å². The molecule has 0 aromatic heterocycles. The number of hydrogen-bond acceptors (Lipinski definition) is 2. The van der Waals surface area contributed by atoms with E-state index in [-0.39, 0.29) is 0 Å². The maximum atomic E-state index is 12.6. The fraction of sp³-hybridized carbons (Fsp3) is 0.100. The van der Waals surface area contributed by atoms with Crippen molar-refractivity contribution in [3.8, 4) is 23.0 Å². The molecule has 0 unspecified atom stereocenters. The van der Waals surface area contributed by atoms with Crippen LogP contribution in [0.4, 0.5) is 13.2 Å². The normalized spacial score (nSPS) is 11.2. The van der Waals surface area contributed by atoms with Gasteiger partial charge in [-0.3, -0.25) is 0 Å². The maximum absolute atomic E-state index is 12.6. The molecule has 0 aliphatic rings. The van der Waals surface area contributed by atoms with Crippen LogP contribution in [0.1, 0.15) is 11.1 Å². The van der Waals surface area contributed by atoms with Crippen LogP contribution in [0.25, 0.3) is 0 Å². The van der Waals surface area contributed by atoms with Gasteiger partial charge < -0.3 is 9.47 Å². The van der Waals surface area contributed by atoms with Crippen molar-refractivity contribution in [3.05, 3.63) is 83.9 Å². The lowest BCUT2D eigenvalue weighted by Crippen LogP contribution is -2.03. The van der Waals surface area contributed by atoms with Gasteiger partial charge in [0.1, 0.15) is 23.0 Å². The molecule has 0 spiro atoms. The molecule has 134 valence electrons. The summed E-state index contributed by atoms with van der Waals surface area (Å²) in [6, 6.07) is 18.7. The lowest BCUT2D eigenvalue weighted by Gasteiger charge is -2.11. The monoisotopic (exact) mass is 378 g/mol. The van der Waals surface area contributed by atoms with Crippen LogP contribution in [0, 0.1) is 0 Å². The molecule has 6 heteroatoms. The van der Waals surface area contributed by atoms with E-state index in [1.165, 1.54) is 12.1 Å². The Morgan fingerprint density at radius 1 is 0.692 bits per heavy atom. The third-order valence-electron chi connectivity index (χ3n) is 3.54. The summed E-state index contributed by atoms with van der Waals surface area (Å²) in [5.41, 5.74) is 0.265. The third kappa shape index (κ3) is 4.70. The van der Waals surface area contributed by atoms with E-state index in [9.17, 15) is 13.2 Å². The second-order valence-electron chi connectivity index (χ2n) is 5.48. The second-order valence-corrected chi connectivity index (χ2v) is 5.75. The van der Waals surface area contributed by atoms with E-state index < -0.39 is 11.7 Å². The largest absolute Gasteiger partial charge is 0.457 e. The lowest BCUT2D eigenvalue weighted by molar-refractivity contribution is -0.137. The van der Waals surface area contributed by atoms with E-state index in [0.29, 0.717) is 28.9 Å². The first kappa shape index (κ1) is 18.1. The average Bonchev–Trinajstić information content (AvgIpc) is 2.62. The van der Waals surface area contributed by atoms with Gasteiger partial charge in [0.2, 0.25) is 0 Å². The molecule has 3 aromatic carbocycles. The number of halogens is 4. The van der Waals surface area contributed by atoms with E-state index in [1.54, 1.807) is 36.4 Å². The number of benzene rings is 3. The Morgan fingerprint density at radius 3 is 1.65 bits per heavy atom. The van der Waals surface area contributed by atoms with Crippen molar-refractivity contribution >= 4 is 11.6 Å². The molecule has 3 rings (SSSR count). The molecule has 3 aromatic rings. The molecule has 0 N–H and O–H groups in total. The highest BCUT2D eigenvalue weighted by Crippen LogP contribution is 2.32. The summed E-state index contributed by atoms with van der Waals surface area (Å²) in [4.78, 5) is 0. The summed E-state index contributed by atoms with van der Waals surface area (Å²) in [7, 11) is 0. The van der Waals surface area contributed by atoms with Crippen LogP contribution in [-0.4, -0.2) is 0 Å². The van der Waals surface area contributed by atoms with Crippen LogP contribution in [0.2, 0.25) is 0 Å². The fourth-order valence-corrected chi connectivity index (χ4v) is 2.41. The Bertz CT molecular complexity index is 859. The van der Waals surface area contributed by atoms with Crippen molar-refractivity contribution < 1.29 is 22.6 Å². The van der Waals surface area contributed by atoms with Gasteiger partial charge in [-0.05, 0) is 54.1 Å². The van der Waals surface area contributed by atoms with E-state index in [2.05, 4.69) is 0 Å². The molecule has 0 aliphatic carbocycles. The maximum Gasteiger partial charge on any atom is 0.416 e. The van der Waals surface area contributed by atoms with Crippen molar-refractivity contribution in [3.63, 3.8) is 0 Å². The van der Waals surface area contributed by atoms with Gasteiger partial charge in [0.25, 0.3) is 0 Å². The van der Waals surface area contributed by atoms with Crippen LogP contribution in [0.15, 0.2) is 72.8 Å². The van der Waals surface area contributed by atoms with E-state index in [4.69, 9.17) is 21.1 Å². The van der Waals surface area contributed by atoms with Gasteiger partial charge in [0.15, 0.2) is 0 Å². The summed E-state index contributed by atoms with van der Waals surface area (Å²) < 4.78 is 49.1. The van der Waals surface area contributed by atoms with Gasteiger partial charge in [-0.25, -0.2) is 0 Å². The van der Waals surface area contributed by atoms with Crippen molar-refractivity contribution in [2.45, 2.75) is 12.1 Å². The highest BCUT2D eigenvalue weighted by Gasteiger charge is 2.30. The minimum absolute atomic E-state index is 0.307. The van der Waals surface area contributed by atoms with Crippen molar-refractivity contribution in [1.82, 2.24) is 0 Å². The number of alkyl halides is 4. The third-order valence-corrected chi connectivity index (χ3v) is 3.84. The smallest absolute Gasteiger partial charge is 0.416 e. The first-order chi connectivity index (χ1) is 12.4. The topological polar surface area (TPSA) is 18.5 Å². The molecule has 0 bridgehead atoms.